The average molecular weight is 620 g/mol. The van der Waals surface area contributed by atoms with Gasteiger partial charge in [-0.15, -0.1) is 0 Å². The number of fused-ring (bicyclic) bond motifs is 1. The number of likely N-dealkylation sites (N-methyl/N-ethyl adjacent to an activating group) is 1. The first-order chi connectivity index (χ1) is 20.5. The quantitative estimate of drug-likeness (QED) is 0.417. The third-order valence-electron chi connectivity index (χ3n) is 8.19. The topological polar surface area (TPSA) is 108 Å². The molecule has 11 heteroatoms. The Kier molecular flexibility index (Phi) is 11.4. The van der Waals surface area contributed by atoms with E-state index in [1.54, 1.807) is 24.0 Å². The molecule has 1 amide bonds. The number of amides is 1. The van der Waals surface area contributed by atoms with Gasteiger partial charge in [0.05, 0.1) is 35.3 Å². The number of benzene rings is 2. The van der Waals surface area contributed by atoms with Crippen molar-refractivity contribution in [3.63, 3.8) is 0 Å². The SMILES string of the molecule is C[C@@H]1CCCCO[C@H](CN(C)CC2CC2)[C@H](C)CN([C@H](C)CO)C(=O)c2cc(NS(=O)(=O)c3ccc(F)cc3)ccc2O1. The number of ether oxygens (including phenoxy) is 2. The van der Waals surface area contributed by atoms with E-state index in [0.29, 0.717) is 18.9 Å². The van der Waals surface area contributed by atoms with E-state index in [4.69, 9.17) is 9.47 Å². The summed E-state index contributed by atoms with van der Waals surface area (Å²) in [4.78, 5) is 18.1. The number of aliphatic hydroxyl groups excluding tert-OH is 1. The van der Waals surface area contributed by atoms with Crippen LogP contribution in [-0.4, -0.2) is 87.4 Å². The second kappa shape index (κ2) is 14.8. The van der Waals surface area contributed by atoms with Crippen LogP contribution in [0.5, 0.6) is 5.75 Å². The predicted octanol–water partition coefficient (Wildman–Crippen LogP) is 4.76. The molecule has 0 spiro atoms. The van der Waals surface area contributed by atoms with Crippen molar-refractivity contribution in [3.8, 4) is 5.75 Å². The molecular weight excluding hydrogens is 573 g/mol. The molecule has 0 bridgehead atoms. The zero-order valence-corrected chi connectivity index (χ0v) is 26.5. The zero-order chi connectivity index (χ0) is 31.1. The van der Waals surface area contributed by atoms with Crippen LogP contribution in [-0.2, 0) is 14.8 Å². The highest BCUT2D eigenvalue weighted by Crippen LogP contribution is 2.31. The summed E-state index contributed by atoms with van der Waals surface area (Å²) in [6, 6.07) is 8.62. The number of carbonyl (C=O) groups is 1. The van der Waals surface area contributed by atoms with Gasteiger partial charge in [-0.25, -0.2) is 12.8 Å². The molecule has 0 radical (unpaired) electrons. The number of aliphatic hydroxyl groups is 1. The van der Waals surface area contributed by atoms with Crippen LogP contribution in [0.15, 0.2) is 47.4 Å². The Balaban J connectivity index is 1.65. The minimum atomic E-state index is -4.04. The van der Waals surface area contributed by atoms with Gasteiger partial charge in [-0.05, 0) is 101 Å². The van der Waals surface area contributed by atoms with Crippen molar-refractivity contribution in [3.05, 3.63) is 53.8 Å². The van der Waals surface area contributed by atoms with Gasteiger partial charge in [0.1, 0.15) is 11.6 Å². The monoisotopic (exact) mass is 619 g/mol. The minimum Gasteiger partial charge on any atom is -0.490 e. The van der Waals surface area contributed by atoms with Crippen molar-refractivity contribution in [2.75, 3.05) is 44.6 Å². The van der Waals surface area contributed by atoms with Crippen LogP contribution in [0.2, 0.25) is 0 Å². The van der Waals surface area contributed by atoms with Crippen molar-refractivity contribution < 1.29 is 32.2 Å². The maximum Gasteiger partial charge on any atom is 0.261 e. The molecule has 9 nitrogen and oxygen atoms in total. The molecule has 4 rings (SSSR count). The summed E-state index contributed by atoms with van der Waals surface area (Å²) in [5.74, 6) is 0.140. The molecule has 1 saturated carbocycles. The maximum atomic E-state index is 14.2. The van der Waals surface area contributed by atoms with Crippen LogP contribution in [0, 0.1) is 17.7 Å². The number of rotatable bonds is 9. The molecule has 1 aliphatic heterocycles. The Hall–Kier alpha value is -2.73. The lowest BCUT2D eigenvalue weighted by molar-refractivity contribution is -0.0172. The highest BCUT2D eigenvalue weighted by molar-refractivity contribution is 7.92. The summed E-state index contributed by atoms with van der Waals surface area (Å²) in [6.07, 6.45) is 4.78. The van der Waals surface area contributed by atoms with Crippen molar-refractivity contribution in [1.29, 1.82) is 0 Å². The lowest BCUT2D eigenvalue weighted by atomic mass is 10.0. The molecule has 1 heterocycles. The van der Waals surface area contributed by atoms with E-state index in [1.807, 2.05) is 6.92 Å². The zero-order valence-electron chi connectivity index (χ0n) is 25.7. The van der Waals surface area contributed by atoms with Gasteiger partial charge in [0, 0.05) is 37.8 Å². The molecule has 238 valence electrons. The van der Waals surface area contributed by atoms with Gasteiger partial charge in [0.15, 0.2) is 0 Å². The number of anilines is 1. The van der Waals surface area contributed by atoms with Crippen LogP contribution in [0.25, 0.3) is 0 Å². The van der Waals surface area contributed by atoms with Gasteiger partial charge in [0.25, 0.3) is 15.9 Å². The Bertz CT molecular complexity index is 1320. The Morgan fingerprint density at radius 3 is 2.49 bits per heavy atom. The fraction of sp³-hybridized carbons (Fsp3) is 0.594. The van der Waals surface area contributed by atoms with Crippen LogP contribution >= 0.6 is 0 Å². The maximum absolute atomic E-state index is 14.2. The van der Waals surface area contributed by atoms with Gasteiger partial charge >= 0.3 is 0 Å². The van der Waals surface area contributed by atoms with Gasteiger partial charge in [0.2, 0.25) is 0 Å². The Morgan fingerprint density at radius 2 is 1.81 bits per heavy atom. The molecule has 2 aromatic rings. The minimum absolute atomic E-state index is 0.0361. The number of sulfonamides is 1. The standard InChI is InChI=1S/C32H46FN3O6S/c1-22-18-36(23(2)21-37)32(38)29-17-27(34-43(39,40)28-13-10-26(33)11-14-28)12-15-30(29)42-24(3)7-5-6-16-41-31(22)20-35(4)19-25-8-9-25/h10-15,17,22-25,31,34,37H,5-9,16,18-21H2,1-4H3/t22-,23-,24-,31-/m1/s1. The molecule has 4 atom stereocenters. The second-order valence-corrected chi connectivity index (χ2v) is 13.9. The fourth-order valence-corrected chi connectivity index (χ4v) is 6.45. The van der Waals surface area contributed by atoms with Crippen molar-refractivity contribution >= 4 is 21.6 Å². The molecule has 0 saturated heterocycles. The summed E-state index contributed by atoms with van der Waals surface area (Å²) in [5, 5.41) is 10.1. The van der Waals surface area contributed by atoms with E-state index in [2.05, 4.69) is 23.6 Å². The first-order valence-electron chi connectivity index (χ1n) is 15.3. The number of hydrogen-bond donors (Lipinski definition) is 2. The van der Waals surface area contributed by atoms with E-state index < -0.39 is 21.9 Å². The first kappa shape index (κ1) is 33.2. The summed E-state index contributed by atoms with van der Waals surface area (Å²) in [7, 11) is -1.93. The van der Waals surface area contributed by atoms with Crippen molar-refractivity contribution in [1.82, 2.24) is 9.80 Å². The Labute approximate surface area is 255 Å². The molecule has 43 heavy (non-hydrogen) atoms. The largest absolute Gasteiger partial charge is 0.490 e. The van der Waals surface area contributed by atoms with Gasteiger partial charge < -0.3 is 24.4 Å². The van der Waals surface area contributed by atoms with E-state index in [1.165, 1.54) is 31.0 Å². The molecular formula is C32H46FN3O6S. The Morgan fingerprint density at radius 1 is 1.09 bits per heavy atom. The third kappa shape index (κ3) is 9.38. The third-order valence-corrected chi connectivity index (χ3v) is 9.58. The molecule has 2 aromatic carbocycles. The van der Waals surface area contributed by atoms with E-state index in [0.717, 1.165) is 50.4 Å². The summed E-state index contributed by atoms with van der Waals surface area (Å²) in [5.41, 5.74) is 0.361. The van der Waals surface area contributed by atoms with E-state index in [-0.39, 0.29) is 46.8 Å². The number of carbonyl (C=O) groups excluding carboxylic acids is 1. The number of hydrogen-bond acceptors (Lipinski definition) is 7. The number of nitrogens with one attached hydrogen (secondary N) is 1. The van der Waals surface area contributed by atoms with Crippen LogP contribution < -0.4 is 9.46 Å². The van der Waals surface area contributed by atoms with Crippen LogP contribution in [0.4, 0.5) is 10.1 Å². The van der Waals surface area contributed by atoms with Crippen LogP contribution in [0.1, 0.15) is 63.2 Å². The molecule has 1 aliphatic carbocycles. The van der Waals surface area contributed by atoms with Gasteiger partial charge in [-0.1, -0.05) is 6.92 Å². The second-order valence-electron chi connectivity index (χ2n) is 12.2. The van der Waals surface area contributed by atoms with Gasteiger partial charge in [-0.2, -0.15) is 0 Å². The summed E-state index contributed by atoms with van der Waals surface area (Å²) in [6.45, 7) is 8.29. The van der Waals surface area contributed by atoms with Gasteiger partial charge in [-0.3, -0.25) is 9.52 Å². The molecule has 2 N–H and O–H groups in total. The summed E-state index contributed by atoms with van der Waals surface area (Å²) >= 11 is 0. The van der Waals surface area contributed by atoms with Crippen LogP contribution in [0.3, 0.4) is 0 Å². The highest BCUT2D eigenvalue weighted by atomic mass is 32.2. The van der Waals surface area contributed by atoms with E-state index >= 15 is 0 Å². The number of nitrogens with zero attached hydrogens (tertiary/aromatic N) is 2. The first-order valence-corrected chi connectivity index (χ1v) is 16.8. The normalized spacial score (nSPS) is 23.3. The lowest BCUT2D eigenvalue weighted by Crippen LogP contribution is -2.47. The molecule has 2 aliphatic rings. The molecule has 0 unspecified atom stereocenters. The highest BCUT2D eigenvalue weighted by Gasteiger charge is 2.31. The predicted molar refractivity (Wildman–Crippen MR) is 164 cm³/mol. The summed E-state index contributed by atoms with van der Waals surface area (Å²) < 4.78 is 54.6. The smallest absolute Gasteiger partial charge is 0.261 e. The van der Waals surface area contributed by atoms with Crippen molar-refractivity contribution in [2.24, 2.45) is 11.8 Å². The van der Waals surface area contributed by atoms with Crippen molar-refractivity contribution in [2.45, 2.75) is 76.0 Å². The number of halogens is 1. The fourth-order valence-electron chi connectivity index (χ4n) is 5.40. The molecule has 1 fully saturated rings. The lowest BCUT2D eigenvalue weighted by Gasteiger charge is -2.36. The molecule has 0 aromatic heterocycles. The van der Waals surface area contributed by atoms with E-state index in [9.17, 15) is 22.7 Å². The average Bonchev–Trinajstić information content (AvgIpc) is 3.78.